The van der Waals surface area contributed by atoms with E-state index in [0.29, 0.717) is 59.2 Å². The number of aryl methyl sites for hydroxylation is 1. The molecule has 3 fully saturated rings. The Bertz CT molecular complexity index is 1570. The minimum Gasteiger partial charge on any atom is -0.493 e. The molecule has 184 valence electrons. The highest BCUT2D eigenvalue weighted by Crippen LogP contribution is 2.62. The van der Waals surface area contributed by atoms with E-state index in [1.807, 2.05) is 44.2 Å². The van der Waals surface area contributed by atoms with Gasteiger partial charge in [-0.25, -0.2) is 4.90 Å². The van der Waals surface area contributed by atoms with E-state index in [9.17, 15) is 14.9 Å². The van der Waals surface area contributed by atoms with Gasteiger partial charge >= 0.3 is 0 Å². The first kappa shape index (κ1) is 23.2. The van der Waals surface area contributed by atoms with Gasteiger partial charge in [-0.15, -0.1) is 0 Å². The van der Waals surface area contributed by atoms with E-state index in [2.05, 4.69) is 12.1 Å². The summed E-state index contributed by atoms with van der Waals surface area (Å²) in [6.45, 7) is 4.13. The van der Waals surface area contributed by atoms with Crippen LogP contribution < -0.4 is 9.64 Å². The molecule has 0 spiro atoms. The van der Waals surface area contributed by atoms with Gasteiger partial charge in [-0.05, 0) is 62.6 Å². The molecule has 0 N–H and O–H groups in total. The third-order valence-electron chi connectivity index (χ3n) is 8.39. The summed E-state index contributed by atoms with van der Waals surface area (Å²) in [5.41, 5.74) is 0.975. The number of fused-ring (bicyclic) bond motifs is 6. The van der Waals surface area contributed by atoms with Crippen molar-refractivity contribution in [1.29, 1.82) is 10.5 Å². The lowest BCUT2D eigenvalue weighted by molar-refractivity contribution is -0.131. The SMILES string of the molecule is Cc1cc(OCC[C@@]23CC[C@@](C)(O2)[C@H]2C(=O)N(c4ccc(C#N)c5ccccc45)C(=O)[C@H]23)ccc1C#N. The highest BCUT2D eigenvalue weighted by atomic mass is 16.5. The molecule has 2 amide bonds. The van der Waals surface area contributed by atoms with Gasteiger partial charge < -0.3 is 9.47 Å². The van der Waals surface area contributed by atoms with Crippen LogP contribution in [-0.4, -0.2) is 29.6 Å². The lowest BCUT2D eigenvalue weighted by Gasteiger charge is -2.31. The molecule has 37 heavy (non-hydrogen) atoms. The van der Waals surface area contributed by atoms with E-state index in [4.69, 9.17) is 14.7 Å². The predicted molar refractivity (Wildman–Crippen MR) is 136 cm³/mol. The van der Waals surface area contributed by atoms with Crippen molar-refractivity contribution < 1.29 is 19.1 Å². The molecule has 6 rings (SSSR count). The Balaban J connectivity index is 1.31. The van der Waals surface area contributed by atoms with E-state index in [1.54, 1.807) is 24.3 Å². The summed E-state index contributed by atoms with van der Waals surface area (Å²) in [6, 6.07) is 20.4. The van der Waals surface area contributed by atoms with Gasteiger partial charge in [0.15, 0.2) is 0 Å². The van der Waals surface area contributed by atoms with Gasteiger partial charge in [0.05, 0.1) is 58.6 Å². The second-order valence-electron chi connectivity index (χ2n) is 10.4. The van der Waals surface area contributed by atoms with Gasteiger partial charge in [0.1, 0.15) is 5.75 Å². The third-order valence-corrected chi connectivity index (χ3v) is 8.39. The summed E-state index contributed by atoms with van der Waals surface area (Å²) in [4.78, 5) is 29.1. The van der Waals surface area contributed by atoms with Crippen LogP contribution in [-0.2, 0) is 14.3 Å². The van der Waals surface area contributed by atoms with Gasteiger partial charge in [0.25, 0.3) is 0 Å². The smallest absolute Gasteiger partial charge is 0.240 e. The molecule has 3 aromatic carbocycles. The lowest BCUT2D eigenvalue weighted by atomic mass is 9.67. The molecule has 7 nitrogen and oxygen atoms in total. The van der Waals surface area contributed by atoms with E-state index in [-0.39, 0.29) is 11.8 Å². The van der Waals surface area contributed by atoms with Crippen LogP contribution >= 0.6 is 0 Å². The van der Waals surface area contributed by atoms with Crippen LogP contribution in [0.5, 0.6) is 5.75 Å². The van der Waals surface area contributed by atoms with E-state index in [1.165, 1.54) is 4.90 Å². The van der Waals surface area contributed by atoms with Crippen LogP contribution in [0.2, 0.25) is 0 Å². The topological polar surface area (TPSA) is 103 Å². The number of carbonyl (C=O) groups is 2. The molecule has 7 heteroatoms. The van der Waals surface area contributed by atoms with Gasteiger partial charge in [0.2, 0.25) is 11.8 Å². The first-order chi connectivity index (χ1) is 17.8. The maximum atomic E-state index is 14.0. The summed E-state index contributed by atoms with van der Waals surface area (Å²) in [5.74, 6) is -0.970. The molecule has 3 aliphatic heterocycles. The largest absolute Gasteiger partial charge is 0.493 e. The number of rotatable bonds is 5. The van der Waals surface area contributed by atoms with Gasteiger partial charge in [-0.1, -0.05) is 24.3 Å². The number of nitriles is 2. The molecule has 0 aliphatic carbocycles. The molecule has 4 atom stereocenters. The number of hydrogen-bond acceptors (Lipinski definition) is 6. The number of nitrogens with zero attached hydrogens (tertiary/aromatic N) is 3. The van der Waals surface area contributed by atoms with Crippen LogP contribution in [0.4, 0.5) is 5.69 Å². The second-order valence-corrected chi connectivity index (χ2v) is 10.4. The van der Waals surface area contributed by atoms with Crippen LogP contribution in [0.3, 0.4) is 0 Å². The fourth-order valence-electron chi connectivity index (χ4n) is 6.62. The van der Waals surface area contributed by atoms with E-state index < -0.39 is 23.0 Å². The standard InChI is InChI=1S/C30H25N3O4/c1-18-15-21(9-7-19(18)16-31)36-14-13-30-12-11-29(2,37-30)25-26(30)28(35)33(27(25)34)24-10-8-20(17-32)22-5-3-4-6-23(22)24/h3-10,15,25-26H,11-14H2,1-2H3/t25-,26+,29-,30-/m1/s1. The van der Waals surface area contributed by atoms with E-state index >= 15 is 0 Å². The average molecular weight is 492 g/mol. The zero-order chi connectivity index (χ0) is 25.9. The first-order valence-electron chi connectivity index (χ1n) is 12.5. The van der Waals surface area contributed by atoms with Crippen LogP contribution in [0.1, 0.15) is 42.9 Å². The van der Waals surface area contributed by atoms with Crippen molar-refractivity contribution in [3.63, 3.8) is 0 Å². The molecule has 0 saturated carbocycles. The number of ether oxygens (including phenoxy) is 2. The molecule has 0 unspecified atom stereocenters. The quantitative estimate of drug-likeness (QED) is 0.476. The van der Waals surface area contributed by atoms with Crippen LogP contribution in [0.15, 0.2) is 54.6 Å². The maximum absolute atomic E-state index is 14.0. The van der Waals surface area contributed by atoms with Crippen molar-refractivity contribution in [3.05, 3.63) is 71.3 Å². The van der Waals surface area contributed by atoms with Crippen molar-refractivity contribution in [2.75, 3.05) is 11.5 Å². The highest BCUT2D eigenvalue weighted by Gasteiger charge is 2.73. The fourth-order valence-corrected chi connectivity index (χ4v) is 6.62. The zero-order valence-electron chi connectivity index (χ0n) is 20.7. The Hall–Kier alpha value is -4.20. The minimum absolute atomic E-state index is 0.238. The molecule has 2 bridgehead atoms. The molecule has 3 saturated heterocycles. The Morgan fingerprint density at radius 1 is 0.973 bits per heavy atom. The number of hydrogen-bond donors (Lipinski definition) is 0. The lowest BCUT2D eigenvalue weighted by Crippen LogP contribution is -2.43. The zero-order valence-corrected chi connectivity index (χ0v) is 20.7. The number of carbonyl (C=O) groups excluding carboxylic acids is 2. The molecular formula is C30H25N3O4. The normalized spacial score (nSPS) is 27.8. The molecular weight excluding hydrogens is 466 g/mol. The van der Waals surface area contributed by atoms with Crippen molar-refractivity contribution in [2.45, 2.75) is 44.3 Å². The molecule has 3 heterocycles. The Morgan fingerprint density at radius 3 is 2.41 bits per heavy atom. The van der Waals surface area contributed by atoms with Gasteiger partial charge in [-0.2, -0.15) is 10.5 Å². The first-order valence-corrected chi connectivity index (χ1v) is 12.5. The van der Waals surface area contributed by atoms with Gasteiger partial charge in [-0.3, -0.25) is 9.59 Å². The number of anilines is 1. The number of benzene rings is 3. The van der Waals surface area contributed by atoms with Crippen molar-refractivity contribution in [1.82, 2.24) is 0 Å². The third kappa shape index (κ3) is 3.28. The Kier molecular flexibility index (Phi) is 5.12. The van der Waals surface area contributed by atoms with Gasteiger partial charge in [0, 0.05) is 17.2 Å². The van der Waals surface area contributed by atoms with Crippen LogP contribution in [0, 0.1) is 41.4 Å². The summed E-state index contributed by atoms with van der Waals surface area (Å²) in [7, 11) is 0. The number of imide groups is 1. The molecule has 3 aromatic rings. The summed E-state index contributed by atoms with van der Waals surface area (Å²) < 4.78 is 12.5. The monoisotopic (exact) mass is 491 g/mol. The van der Waals surface area contributed by atoms with Crippen LogP contribution in [0.25, 0.3) is 10.8 Å². The van der Waals surface area contributed by atoms with E-state index in [0.717, 1.165) is 5.56 Å². The molecule has 0 radical (unpaired) electrons. The van der Waals surface area contributed by atoms with Crippen molar-refractivity contribution >= 4 is 28.3 Å². The molecule has 3 aliphatic rings. The average Bonchev–Trinajstić information content (AvgIpc) is 3.48. The fraction of sp³-hybridized carbons (Fsp3) is 0.333. The Labute approximate surface area is 214 Å². The summed E-state index contributed by atoms with van der Waals surface area (Å²) in [6.07, 6.45) is 1.86. The second kappa shape index (κ2) is 8.16. The predicted octanol–water partition coefficient (Wildman–Crippen LogP) is 4.79. The maximum Gasteiger partial charge on any atom is 0.240 e. The summed E-state index contributed by atoms with van der Waals surface area (Å²) in [5, 5.41) is 20.1. The van der Waals surface area contributed by atoms with Crippen molar-refractivity contribution in [3.8, 4) is 17.9 Å². The Morgan fingerprint density at radius 2 is 1.68 bits per heavy atom. The van der Waals surface area contributed by atoms with Crippen molar-refractivity contribution in [2.24, 2.45) is 11.8 Å². The highest BCUT2D eigenvalue weighted by molar-refractivity contribution is 6.26. The minimum atomic E-state index is -0.773. The summed E-state index contributed by atoms with van der Waals surface area (Å²) >= 11 is 0. The molecule has 0 aromatic heterocycles. The number of amides is 2.